The van der Waals surface area contributed by atoms with Crippen LogP contribution < -0.4 is 0 Å². The SMILES string of the molecule is CCC[C@@H]1CCC[C@H](CC[C@@H](O)C[C@@H](O)CC(=O)O)[C@H]1OC(=O)C(C)(C)CC. The third-order valence-corrected chi connectivity index (χ3v) is 6.24. The second-order valence-corrected chi connectivity index (χ2v) is 9.07. The number of carbonyl (C=O) groups excluding carboxylic acids is 1. The quantitative estimate of drug-likeness (QED) is 0.429. The van der Waals surface area contributed by atoms with Gasteiger partial charge in [0.15, 0.2) is 0 Å². The molecule has 0 heterocycles. The van der Waals surface area contributed by atoms with Gasteiger partial charge in [0.2, 0.25) is 0 Å². The van der Waals surface area contributed by atoms with Crippen LogP contribution in [0, 0.1) is 17.3 Å². The normalized spacial score (nSPS) is 25.1. The molecule has 1 aliphatic carbocycles. The van der Waals surface area contributed by atoms with E-state index in [9.17, 15) is 19.8 Å². The molecular formula is C22H40O6. The van der Waals surface area contributed by atoms with E-state index in [2.05, 4.69) is 6.92 Å². The Kier molecular flexibility index (Phi) is 10.5. The molecule has 0 amide bonds. The van der Waals surface area contributed by atoms with Crippen molar-refractivity contribution >= 4 is 11.9 Å². The number of aliphatic hydroxyl groups is 2. The molecule has 164 valence electrons. The minimum Gasteiger partial charge on any atom is -0.481 e. The van der Waals surface area contributed by atoms with E-state index in [1.54, 1.807) is 0 Å². The molecule has 0 aliphatic heterocycles. The summed E-state index contributed by atoms with van der Waals surface area (Å²) in [6.07, 6.45) is 4.92. The number of carbonyl (C=O) groups is 2. The first-order chi connectivity index (χ1) is 13.1. The Morgan fingerprint density at radius 2 is 1.68 bits per heavy atom. The van der Waals surface area contributed by atoms with Gasteiger partial charge in [0, 0.05) is 0 Å². The van der Waals surface area contributed by atoms with E-state index in [0.29, 0.717) is 18.8 Å². The highest BCUT2D eigenvalue weighted by Crippen LogP contribution is 2.38. The number of ether oxygens (including phenoxy) is 1. The van der Waals surface area contributed by atoms with Crippen LogP contribution in [0.4, 0.5) is 0 Å². The van der Waals surface area contributed by atoms with Gasteiger partial charge < -0.3 is 20.1 Å². The van der Waals surface area contributed by atoms with Gasteiger partial charge in [0.25, 0.3) is 0 Å². The van der Waals surface area contributed by atoms with E-state index in [1.807, 2.05) is 20.8 Å². The van der Waals surface area contributed by atoms with Gasteiger partial charge in [-0.15, -0.1) is 0 Å². The largest absolute Gasteiger partial charge is 0.481 e. The van der Waals surface area contributed by atoms with E-state index < -0.39 is 23.6 Å². The maximum Gasteiger partial charge on any atom is 0.311 e. The van der Waals surface area contributed by atoms with Crippen molar-refractivity contribution in [1.82, 2.24) is 0 Å². The fourth-order valence-corrected chi connectivity index (χ4v) is 4.09. The summed E-state index contributed by atoms with van der Waals surface area (Å²) in [6.45, 7) is 7.96. The Bertz CT molecular complexity index is 487. The van der Waals surface area contributed by atoms with Crippen molar-refractivity contribution in [1.29, 1.82) is 0 Å². The highest BCUT2D eigenvalue weighted by atomic mass is 16.5. The van der Waals surface area contributed by atoms with Crippen LogP contribution in [-0.2, 0) is 14.3 Å². The van der Waals surface area contributed by atoms with Crippen LogP contribution in [0.3, 0.4) is 0 Å². The zero-order valence-corrected chi connectivity index (χ0v) is 18.0. The number of carboxylic acids is 1. The van der Waals surface area contributed by atoms with Crippen LogP contribution >= 0.6 is 0 Å². The Hall–Kier alpha value is -1.14. The summed E-state index contributed by atoms with van der Waals surface area (Å²) in [5, 5.41) is 28.6. The molecule has 0 saturated heterocycles. The van der Waals surface area contributed by atoms with Crippen LogP contribution in [0.2, 0.25) is 0 Å². The molecule has 1 saturated carbocycles. The molecular weight excluding hydrogens is 360 g/mol. The monoisotopic (exact) mass is 400 g/mol. The lowest BCUT2D eigenvalue weighted by molar-refractivity contribution is -0.169. The Balaban J connectivity index is 2.71. The fourth-order valence-electron chi connectivity index (χ4n) is 4.09. The van der Waals surface area contributed by atoms with Crippen LogP contribution in [0.25, 0.3) is 0 Å². The number of aliphatic hydroxyl groups excluding tert-OH is 2. The van der Waals surface area contributed by atoms with Crippen molar-refractivity contribution in [3.05, 3.63) is 0 Å². The second kappa shape index (κ2) is 11.8. The van der Waals surface area contributed by atoms with Crippen molar-refractivity contribution in [2.75, 3.05) is 0 Å². The highest BCUT2D eigenvalue weighted by molar-refractivity contribution is 5.76. The van der Waals surface area contributed by atoms with Crippen molar-refractivity contribution in [3.8, 4) is 0 Å². The van der Waals surface area contributed by atoms with Gasteiger partial charge in [0.1, 0.15) is 6.10 Å². The van der Waals surface area contributed by atoms with E-state index in [-0.39, 0.29) is 30.8 Å². The van der Waals surface area contributed by atoms with Crippen LogP contribution in [0.5, 0.6) is 0 Å². The first-order valence-electron chi connectivity index (χ1n) is 10.9. The summed E-state index contributed by atoms with van der Waals surface area (Å²) < 4.78 is 6.04. The van der Waals surface area contributed by atoms with Crippen molar-refractivity contribution < 1.29 is 29.6 Å². The molecule has 6 heteroatoms. The van der Waals surface area contributed by atoms with Crippen LogP contribution in [0.15, 0.2) is 0 Å². The Labute approximate surface area is 169 Å². The van der Waals surface area contributed by atoms with Crippen molar-refractivity contribution in [3.63, 3.8) is 0 Å². The zero-order chi connectivity index (χ0) is 21.3. The average Bonchev–Trinajstić information content (AvgIpc) is 2.61. The lowest BCUT2D eigenvalue weighted by atomic mass is 9.74. The minimum absolute atomic E-state index is 0.0602. The molecule has 1 fully saturated rings. The van der Waals surface area contributed by atoms with Gasteiger partial charge in [0.05, 0.1) is 24.0 Å². The Morgan fingerprint density at radius 1 is 1.07 bits per heavy atom. The third-order valence-electron chi connectivity index (χ3n) is 6.24. The number of carboxylic acid groups (broad SMARTS) is 1. The predicted molar refractivity (Wildman–Crippen MR) is 108 cm³/mol. The second-order valence-electron chi connectivity index (χ2n) is 9.07. The van der Waals surface area contributed by atoms with Gasteiger partial charge in [-0.1, -0.05) is 26.7 Å². The molecule has 0 aromatic carbocycles. The standard InChI is InChI=1S/C22H40O6/c1-5-8-15-9-7-10-16(20(15)28-21(27)22(3,4)6-2)11-12-17(23)13-18(24)14-19(25)26/h15-18,20,23-24H,5-14H2,1-4H3,(H,25,26)/t15-,16-,17-,18-,20+/m1/s1. The lowest BCUT2D eigenvalue weighted by Crippen LogP contribution is -2.41. The van der Waals surface area contributed by atoms with E-state index in [0.717, 1.165) is 38.5 Å². The fraction of sp³-hybridized carbons (Fsp3) is 0.909. The minimum atomic E-state index is -1.07. The van der Waals surface area contributed by atoms with E-state index in [1.165, 1.54) is 0 Å². The molecule has 0 aromatic heterocycles. The molecule has 0 spiro atoms. The number of hydrogen-bond acceptors (Lipinski definition) is 5. The van der Waals surface area contributed by atoms with Crippen molar-refractivity contribution in [2.24, 2.45) is 17.3 Å². The summed E-state index contributed by atoms with van der Waals surface area (Å²) in [7, 11) is 0. The summed E-state index contributed by atoms with van der Waals surface area (Å²) in [4.78, 5) is 23.3. The van der Waals surface area contributed by atoms with Gasteiger partial charge in [-0.3, -0.25) is 9.59 Å². The topological polar surface area (TPSA) is 104 Å². The maximum absolute atomic E-state index is 12.7. The first kappa shape index (κ1) is 24.9. The molecule has 0 bridgehead atoms. The maximum atomic E-state index is 12.7. The molecule has 5 atom stereocenters. The van der Waals surface area contributed by atoms with Gasteiger partial charge in [-0.2, -0.15) is 0 Å². The molecule has 0 unspecified atom stereocenters. The number of aliphatic carboxylic acids is 1. The summed E-state index contributed by atoms with van der Waals surface area (Å²) >= 11 is 0. The van der Waals surface area contributed by atoms with E-state index in [4.69, 9.17) is 9.84 Å². The number of hydrogen-bond donors (Lipinski definition) is 3. The summed E-state index contributed by atoms with van der Waals surface area (Å²) in [6, 6.07) is 0. The van der Waals surface area contributed by atoms with Crippen molar-refractivity contribution in [2.45, 2.75) is 110 Å². The first-order valence-corrected chi connectivity index (χ1v) is 10.9. The molecule has 28 heavy (non-hydrogen) atoms. The molecule has 0 radical (unpaired) electrons. The lowest BCUT2D eigenvalue weighted by Gasteiger charge is -2.39. The molecule has 3 N–H and O–H groups in total. The summed E-state index contributed by atoms with van der Waals surface area (Å²) in [5.74, 6) is -0.659. The van der Waals surface area contributed by atoms with Crippen LogP contribution in [-0.4, -0.2) is 45.6 Å². The molecule has 0 aromatic rings. The van der Waals surface area contributed by atoms with Gasteiger partial charge in [-0.05, 0) is 70.6 Å². The Morgan fingerprint density at radius 3 is 2.21 bits per heavy atom. The smallest absolute Gasteiger partial charge is 0.311 e. The van der Waals surface area contributed by atoms with Crippen LogP contribution in [0.1, 0.15) is 91.9 Å². The zero-order valence-electron chi connectivity index (χ0n) is 18.0. The average molecular weight is 401 g/mol. The summed E-state index contributed by atoms with van der Waals surface area (Å²) in [5.41, 5.74) is -0.501. The third kappa shape index (κ3) is 8.08. The molecule has 6 nitrogen and oxygen atoms in total. The number of esters is 1. The van der Waals surface area contributed by atoms with E-state index >= 15 is 0 Å². The van der Waals surface area contributed by atoms with Gasteiger partial charge >= 0.3 is 11.9 Å². The molecule has 1 aliphatic rings. The highest BCUT2D eigenvalue weighted by Gasteiger charge is 2.38. The molecule has 1 rings (SSSR count). The van der Waals surface area contributed by atoms with Gasteiger partial charge in [-0.25, -0.2) is 0 Å². The predicted octanol–water partition coefficient (Wildman–Crippen LogP) is 3.92. The number of rotatable bonds is 12.